The molecule has 0 saturated carbocycles. The normalized spacial score (nSPS) is 32.3. The van der Waals surface area contributed by atoms with Crippen LogP contribution in [0.15, 0.2) is 78.4 Å². The van der Waals surface area contributed by atoms with Gasteiger partial charge in [0.25, 0.3) is 0 Å². The molecule has 2 heteroatoms. The van der Waals surface area contributed by atoms with Gasteiger partial charge in [-0.1, -0.05) is 93.1 Å². The number of rotatable bonds is 2. The summed E-state index contributed by atoms with van der Waals surface area (Å²) in [5.74, 6) is 0.589. The zero-order valence-corrected chi connectivity index (χ0v) is 17.1. The molecular weight excluding hydrogens is 352 g/mol. The molecule has 1 fully saturated rings. The van der Waals surface area contributed by atoms with Gasteiger partial charge >= 0.3 is 0 Å². The minimum atomic E-state index is 0.0851. The van der Waals surface area contributed by atoms with Crippen molar-refractivity contribution in [2.45, 2.75) is 36.0 Å². The Morgan fingerprint density at radius 1 is 0.885 bits per heavy atom. The van der Waals surface area contributed by atoms with Crippen LogP contribution in [0.1, 0.15) is 31.9 Å². The highest BCUT2D eigenvalue weighted by Crippen LogP contribution is 2.70. The van der Waals surface area contributed by atoms with Gasteiger partial charge in [-0.15, -0.1) is 23.5 Å². The third-order valence-electron chi connectivity index (χ3n) is 5.89. The molecule has 2 heterocycles. The Bertz CT molecular complexity index is 889. The van der Waals surface area contributed by atoms with E-state index in [0.717, 1.165) is 0 Å². The van der Waals surface area contributed by atoms with Gasteiger partial charge in [-0.2, -0.15) is 0 Å². The average Bonchev–Trinajstić information content (AvgIpc) is 3.10. The van der Waals surface area contributed by atoms with Crippen molar-refractivity contribution >= 4 is 28.4 Å². The Balaban J connectivity index is 1.66. The third-order valence-corrected chi connectivity index (χ3v) is 9.33. The molecule has 2 aliphatic heterocycles. The fraction of sp³-hybridized carbons (Fsp3) is 0.333. The van der Waals surface area contributed by atoms with E-state index in [1.165, 1.54) is 16.0 Å². The van der Waals surface area contributed by atoms with E-state index in [1.807, 2.05) is 0 Å². The molecular formula is C24H24S2. The first kappa shape index (κ1) is 16.8. The molecule has 0 unspecified atom stereocenters. The highest BCUT2D eigenvalue weighted by Gasteiger charge is 2.61. The molecule has 0 nitrogen and oxygen atoms in total. The molecule has 0 N–H and O–H groups in total. The van der Waals surface area contributed by atoms with Gasteiger partial charge in [0.1, 0.15) is 0 Å². The molecule has 2 aromatic carbocycles. The lowest BCUT2D eigenvalue weighted by Gasteiger charge is -2.38. The standard InChI is InChI=1S/C24H24S2/c1-23(2,3)18-14-19-21-22(18)26-24(19,17-12-8-5-9-13-17)15-20(25-21)16-10-6-4-7-11-16/h4-15,19,21-22H,1-3H3/t19-,21-,22+,24-/m0/s1. The van der Waals surface area contributed by atoms with Crippen molar-refractivity contribution in [1.29, 1.82) is 0 Å². The van der Waals surface area contributed by atoms with E-state index in [1.54, 1.807) is 5.57 Å². The molecule has 2 aromatic rings. The van der Waals surface area contributed by atoms with E-state index in [9.17, 15) is 0 Å². The van der Waals surface area contributed by atoms with E-state index in [-0.39, 0.29) is 10.2 Å². The Kier molecular flexibility index (Phi) is 3.75. The van der Waals surface area contributed by atoms with Crippen molar-refractivity contribution in [3.05, 3.63) is 89.5 Å². The zero-order valence-electron chi connectivity index (χ0n) is 15.5. The molecule has 1 aliphatic carbocycles. The first-order chi connectivity index (χ1) is 12.5. The smallest absolute Gasteiger partial charge is 0.0682 e. The van der Waals surface area contributed by atoms with Crippen molar-refractivity contribution in [2.75, 3.05) is 0 Å². The summed E-state index contributed by atoms with van der Waals surface area (Å²) in [6.45, 7) is 7.11. The number of allylic oxidation sites excluding steroid dienone is 1. The lowest BCUT2D eigenvalue weighted by atomic mass is 9.82. The third kappa shape index (κ3) is 2.38. The van der Waals surface area contributed by atoms with Crippen LogP contribution in [0.5, 0.6) is 0 Å². The van der Waals surface area contributed by atoms with Crippen molar-refractivity contribution in [2.24, 2.45) is 11.3 Å². The Morgan fingerprint density at radius 2 is 1.54 bits per heavy atom. The summed E-state index contributed by atoms with van der Waals surface area (Å²) in [5.41, 5.74) is 4.73. The summed E-state index contributed by atoms with van der Waals surface area (Å²) in [6.07, 6.45) is 5.20. The van der Waals surface area contributed by atoms with Gasteiger partial charge in [-0.3, -0.25) is 0 Å². The van der Waals surface area contributed by atoms with E-state index >= 15 is 0 Å². The summed E-state index contributed by atoms with van der Waals surface area (Å²) in [7, 11) is 0. The minimum absolute atomic E-state index is 0.0851. The van der Waals surface area contributed by atoms with Crippen LogP contribution in [0.3, 0.4) is 0 Å². The quantitative estimate of drug-likeness (QED) is 0.531. The average molecular weight is 377 g/mol. The second-order valence-electron chi connectivity index (χ2n) is 8.55. The number of hydrogen-bond acceptors (Lipinski definition) is 2. The maximum Gasteiger partial charge on any atom is 0.0682 e. The van der Waals surface area contributed by atoms with Crippen molar-refractivity contribution in [3.8, 4) is 0 Å². The van der Waals surface area contributed by atoms with E-state index in [0.29, 0.717) is 16.4 Å². The molecule has 5 rings (SSSR count). The number of hydrogen-bond donors (Lipinski definition) is 0. The topological polar surface area (TPSA) is 0 Å². The first-order valence-corrected chi connectivity index (χ1v) is 11.2. The number of benzene rings is 2. The van der Waals surface area contributed by atoms with Gasteiger partial charge in [0.2, 0.25) is 0 Å². The molecule has 26 heavy (non-hydrogen) atoms. The second kappa shape index (κ2) is 5.81. The molecule has 1 saturated heterocycles. The van der Waals surface area contributed by atoms with Crippen LogP contribution in [-0.4, -0.2) is 10.5 Å². The lowest BCUT2D eigenvalue weighted by Crippen LogP contribution is -2.31. The van der Waals surface area contributed by atoms with Gasteiger partial charge in [0.05, 0.1) is 4.75 Å². The van der Waals surface area contributed by atoms with E-state index in [4.69, 9.17) is 0 Å². The monoisotopic (exact) mass is 376 g/mol. The molecule has 0 amide bonds. The van der Waals surface area contributed by atoms with E-state index in [2.05, 4.69) is 117 Å². The van der Waals surface area contributed by atoms with Crippen LogP contribution in [0, 0.1) is 11.3 Å². The van der Waals surface area contributed by atoms with Crippen LogP contribution < -0.4 is 0 Å². The summed E-state index contributed by atoms with van der Waals surface area (Å²) in [5, 5.41) is 1.26. The summed E-state index contributed by atoms with van der Waals surface area (Å²) in [6, 6.07) is 22.1. The van der Waals surface area contributed by atoms with Crippen molar-refractivity contribution in [1.82, 2.24) is 0 Å². The molecule has 0 spiro atoms. The lowest BCUT2D eigenvalue weighted by molar-refractivity contribution is 0.494. The minimum Gasteiger partial charge on any atom is -0.136 e. The molecule has 4 bridgehead atoms. The Labute approximate surface area is 165 Å². The summed E-state index contributed by atoms with van der Waals surface area (Å²) < 4.78 is 0.0851. The molecule has 3 aliphatic rings. The summed E-state index contributed by atoms with van der Waals surface area (Å²) >= 11 is 4.31. The predicted octanol–water partition coefficient (Wildman–Crippen LogP) is 6.76. The molecule has 132 valence electrons. The SMILES string of the molecule is CC(C)(C)C1=C[C@H]2[C@@H]3SC(c4ccccc4)=C[C@@]2(c2ccccc2)S[C@H]13. The van der Waals surface area contributed by atoms with Gasteiger partial charge in [-0.05, 0) is 22.6 Å². The van der Waals surface area contributed by atoms with Gasteiger partial charge < -0.3 is 0 Å². The highest BCUT2D eigenvalue weighted by atomic mass is 32.2. The second-order valence-corrected chi connectivity index (χ2v) is 11.2. The van der Waals surface area contributed by atoms with Crippen LogP contribution in [0.25, 0.3) is 4.91 Å². The molecule has 0 aromatic heterocycles. The van der Waals surface area contributed by atoms with Crippen LogP contribution in [0.2, 0.25) is 0 Å². The van der Waals surface area contributed by atoms with Crippen molar-refractivity contribution in [3.63, 3.8) is 0 Å². The van der Waals surface area contributed by atoms with Crippen LogP contribution in [0.4, 0.5) is 0 Å². The largest absolute Gasteiger partial charge is 0.136 e. The first-order valence-electron chi connectivity index (χ1n) is 9.39. The Morgan fingerprint density at radius 3 is 2.19 bits per heavy atom. The van der Waals surface area contributed by atoms with Crippen LogP contribution >= 0.6 is 23.5 Å². The highest BCUT2D eigenvalue weighted by molar-refractivity contribution is 8.11. The summed E-state index contributed by atoms with van der Waals surface area (Å²) in [4.78, 5) is 1.45. The fourth-order valence-corrected chi connectivity index (χ4v) is 8.79. The van der Waals surface area contributed by atoms with E-state index < -0.39 is 0 Å². The maximum absolute atomic E-state index is 2.63. The maximum atomic E-state index is 2.63. The number of thioether (sulfide) groups is 2. The van der Waals surface area contributed by atoms with Gasteiger partial charge in [-0.25, -0.2) is 0 Å². The fourth-order valence-electron chi connectivity index (χ4n) is 4.65. The van der Waals surface area contributed by atoms with Crippen molar-refractivity contribution < 1.29 is 0 Å². The molecule has 0 radical (unpaired) electrons. The van der Waals surface area contributed by atoms with Gasteiger partial charge in [0.15, 0.2) is 0 Å². The van der Waals surface area contributed by atoms with Crippen LogP contribution in [-0.2, 0) is 4.75 Å². The zero-order chi connectivity index (χ0) is 17.9. The molecule has 4 atom stereocenters. The predicted molar refractivity (Wildman–Crippen MR) is 116 cm³/mol. The van der Waals surface area contributed by atoms with Gasteiger partial charge in [0, 0.05) is 21.3 Å². The Hall–Kier alpha value is -1.38.